The van der Waals surface area contributed by atoms with E-state index in [1.165, 1.54) is 36.9 Å². The van der Waals surface area contributed by atoms with E-state index in [0.717, 1.165) is 15.5 Å². The fourth-order valence-electron chi connectivity index (χ4n) is 4.32. The molecule has 8 heteroatoms. The molecule has 3 unspecified atom stereocenters. The van der Waals surface area contributed by atoms with Gasteiger partial charge in [-0.25, -0.2) is 4.79 Å². The van der Waals surface area contributed by atoms with Crippen LogP contribution >= 0.6 is 22.7 Å². The van der Waals surface area contributed by atoms with Crippen molar-refractivity contribution in [2.75, 3.05) is 14.2 Å². The minimum atomic E-state index is -0.950. The van der Waals surface area contributed by atoms with Gasteiger partial charge in [-0.1, -0.05) is 12.1 Å². The summed E-state index contributed by atoms with van der Waals surface area (Å²) in [5.74, 6) is -3.19. The van der Waals surface area contributed by atoms with E-state index >= 15 is 0 Å². The second kappa shape index (κ2) is 8.20. The number of allylic oxidation sites excluding steroid dienone is 3. The summed E-state index contributed by atoms with van der Waals surface area (Å²) in [5.41, 5.74) is 2.26. The van der Waals surface area contributed by atoms with Crippen molar-refractivity contribution in [1.29, 1.82) is 0 Å². The van der Waals surface area contributed by atoms with Crippen LogP contribution in [0.1, 0.15) is 34.9 Å². The Bertz CT molecular complexity index is 1050. The van der Waals surface area contributed by atoms with Crippen molar-refractivity contribution in [3.63, 3.8) is 0 Å². The van der Waals surface area contributed by atoms with Gasteiger partial charge >= 0.3 is 11.9 Å². The van der Waals surface area contributed by atoms with E-state index in [4.69, 9.17) is 9.47 Å². The molecular formula is C22H21NO5S2. The predicted molar refractivity (Wildman–Crippen MR) is 114 cm³/mol. The fourth-order valence-corrected chi connectivity index (χ4v) is 6.03. The average molecular weight is 444 g/mol. The van der Waals surface area contributed by atoms with Gasteiger partial charge in [0.25, 0.3) is 0 Å². The van der Waals surface area contributed by atoms with Crippen molar-refractivity contribution >= 4 is 40.4 Å². The molecule has 0 radical (unpaired) electrons. The first-order valence-corrected chi connectivity index (χ1v) is 11.2. The summed E-state index contributed by atoms with van der Waals surface area (Å²) < 4.78 is 10.0. The maximum Gasteiger partial charge on any atom is 0.336 e. The topological polar surface area (TPSA) is 81.7 Å². The molecule has 0 spiro atoms. The van der Waals surface area contributed by atoms with Crippen molar-refractivity contribution < 1.29 is 23.9 Å². The molecule has 4 rings (SSSR count). The number of dihydropyridines is 1. The molecule has 156 valence electrons. The van der Waals surface area contributed by atoms with Gasteiger partial charge in [0, 0.05) is 32.6 Å². The molecule has 2 aromatic rings. The van der Waals surface area contributed by atoms with Crippen LogP contribution in [0.15, 0.2) is 57.6 Å². The SMILES string of the molecule is COC(=O)C1=C(C)NC2=C(C(=O)C(C(=O)OC)C(c3cccs3)C2)C1c1cccs1. The quantitative estimate of drug-likeness (QED) is 0.573. The number of methoxy groups -OCH3 is 2. The van der Waals surface area contributed by atoms with Crippen LogP contribution < -0.4 is 5.32 Å². The zero-order valence-electron chi connectivity index (χ0n) is 16.8. The number of Topliss-reactive ketones (excluding diaryl/α,β-unsaturated/α-hetero) is 1. The Kier molecular flexibility index (Phi) is 5.62. The predicted octanol–water partition coefficient (Wildman–Crippen LogP) is 3.74. The van der Waals surface area contributed by atoms with Crippen LogP contribution in [0, 0.1) is 5.92 Å². The van der Waals surface area contributed by atoms with Crippen LogP contribution in [0.2, 0.25) is 0 Å². The summed E-state index contributed by atoms with van der Waals surface area (Å²) in [6, 6.07) is 7.62. The lowest BCUT2D eigenvalue weighted by Gasteiger charge is -2.38. The molecule has 2 aromatic heterocycles. The third-order valence-corrected chi connectivity index (χ3v) is 7.56. The van der Waals surface area contributed by atoms with Crippen molar-refractivity contribution in [3.8, 4) is 0 Å². The molecule has 0 amide bonds. The Labute approximate surface area is 182 Å². The molecule has 1 aliphatic heterocycles. The molecule has 2 aliphatic rings. The van der Waals surface area contributed by atoms with Crippen molar-refractivity contribution in [2.24, 2.45) is 5.92 Å². The van der Waals surface area contributed by atoms with Crippen LogP contribution in [-0.2, 0) is 23.9 Å². The Morgan fingerprint density at radius 1 is 1.07 bits per heavy atom. The van der Waals surface area contributed by atoms with E-state index in [9.17, 15) is 14.4 Å². The lowest BCUT2D eigenvalue weighted by Crippen LogP contribution is -2.43. The number of esters is 2. The van der Waals surface area contributed by atoms with Gasteiger partial charge in [0.15, 0.2) is 5.78 Å². The Morgan fingerprint density at radius 3 is 2.30 bits per heavy atom. The summed E-state index contributed by atoms with van der Waals surface area (Å²) >= 11 is 2.98. The fraction of sp³-hybridized carbons (Fsp3) is 0.318. The monoisotopic (exact) mass is 443 g/mol. The number of hydrogen-bond donors (Lipinski definition) is 1. The molecule has 30 heavy (non-hydrogen) atoms. The zero-order chi connectivity index (χ0) is 21.4. The van der Waals surface area contributed by atoms with Gasteiger partial charge in [-0.05, 0) is 36.2 Å². The molecule has 1 aliphatic carbocycles. The molecule has 0 saturated heterocycles. The van der Waals surface area contributed by atoms with Gasteiger partial charge in [-0.3, -0.25) is 9.59 Å². The number of ether oxygens (including phenoxy) is 2. The first-order valence-electron chi connectivity index (χ1n) is 9.45. The zero-order valence-corrected chi connectivity index (χ0v) is 18.4. The summed E-state index contributed by atoms with van der Waals surface area (Å²) in [7, 11) is 2.62. The van der Waals surface area contributed by atoms with E-state index < -0.39 is 23.8 Å². The van der Waals surface area contributed by atoms with Crippen LogP contribution in [0.3, 0.4) is 0 Å². The summed E-state index contributed by atoms with van der Waals surface area (Å²) in [4.78, 5) is 40.9. The van der Waals surface area contributed by atoms with E-state index in [0.29, 0.717) is 23.3 Å². The largest absolute Gasteiger partial charge is 0.468 e. The van der Waals surface area contributed by atoms with Gasteiger partial charge in [-0.2, -0.15) is 0 Å². The number of carbonyl (C=O) groups is 3. The maximum absolute atomic E-state index is 13.8. The molecule has 0 aromatic carbocycles. The van der Waals surface area contributed by atoms with Crippen molar-refractivity contribution in [1.82, 2.24) is 5.32 Å². The normalized spacial score (nSPS) is 23.7. The van der Waals surface area contributed by atoms with E-state index in [2.05, 4.69) is 5.32 Å². The number of thiophene rings is 2. The minimum Gasteiger partial charge on any atom is -0.468 e. The number of ketones is 1. The van der Waals surface area contributed by atoms with E-state index in [1.54, 1.807) is 0 Å². The molecule has 0 saturated carbocycles. The second-order valence-corrected chi connectivity index (χ2v) is 9.15. The third-order valence-electron chi connectivity index (χ3n) is 5.62. The summed E-state index contributed by atoms with van der Waals surface area (Å²) in [6.07, 6.45) is 0.481. The highest BCUT2D eigenvalue weighted by atomic mass is 32.1. The molecule has 0 bridgehead atoms. The highest BCUT2D eigenvalue weighted by Crippen LogP contribution is 2.49. The van der Waals surface area contributed by atoms with Gasteiger partial charge in [0.05, 0.1) is 25.7 Å². The van der Waals surface area contributed by atoms with E-state index in [-0.39, 0.29) is 11.7 Å². The Morgan fingerprint density at radius 2 is 1.73 bits per heavy atom. The number of nitrogens with one attached hydrogen (secondary N) is 1. The highest BCUT2D eigenvalue weighted by molar-refractivity contribution is 7.10. The first-order chi connectivity index (χ1) is 14.5. The van der Waals surface area contributed by atoms with Gasteiger partial charge < -0.3 is 14.8 Å². The lowest BCUT2D eigenvalue weighted by molar-refractivity contribution is -0.149. The second-order valence-electron chi connectivity index (χ2n) is 7.19. The number of carbonyl (C=O) groups excluding carboxylic acids is 3. The highest BCUT2D eigenvalue weighted by Gasteiger charge is 2.49. The van der Waals surface area contributed by atoms with Crippen molar-refractivity contribution in [2.45, 2.75) is 25.2 Å². The molecule has 3 heterocycles. The Hall–Kier alpha value is -2.71. The minimum absolute atomic E-state index is 0.304. The molecule has 1 N–H and O–H groups in total. The van der Waals surface area contributed by atoms with Crippen LogP contribution in [0.4, 0.5) is 0 Å². The maximum atomic E-state index is 13.8. The molecular weight excluding hydrogens is 422 g/mol. The van der Waals surface area contributed by atoms with Crippen LogP contribution in [0.25, 0.3) is 0 Å². The molecule has 0 fully saturated rings. The summed E-state index contributed by atoms with van der Waals surface area (Å²) in [5, 5.41) is 7.11. The average Bonchev–Trinajstić information content (AvgIpc) is 3.45. The van der Waals surface area contributed by atoms with Gasteiger partial charge in [-0.15, -0.1) is 22.7 Å². The molecule has 6 nitrogen and oxygen atoms in total. The van der Waals surface area contributed by atoms with Crippen molar-refractivity contribution in [3.05, 3.63) is 67.3 Å². The van der Waals surface area contributed by atoms with E-state index in [1.807, 2.05) is 41.9 Å². The van der Waals surface area contributed by atoms with Gasteiger partial charge in [0.1, 0.15) is 5.92 Å². The van der Waals surface area contributed by atoms with Crippen LogP contribution in [-0.4, -0.2) is 31.9 Å². The standard InChI is InChI=1S/C22H21NO5S2/c1-11-16(21(25)27-2)19(15-7-5-9-30-15)18-13(23-11)10-12(14-6-4-8-29-14)17(20(18)24)22(26)28-3/h4-9,12,17,19,23H,10H2,1-3H3. The third kappa shape index (κ3) is 3.30. The van der Waals surface area contributed by atoms with Crippen LogP contribution in [0.5, 0.6) is 0 Å². The molecule has 3 atom stereocenters. The first kappa shape index (κ1) is 20.6. The lowest BCUT2D eigenvalue weighted by atomic mass is 9.69. The van der Waals surface area contributed by atoms with Gasteiger partial charge in [0.2, 0.25) is 0 Å². The number of hydrogen-bond acceptors (Lipinski definition) is 8. The number of rotatable bonds is 4. The summed E-state index contributed by atoms with van der Waals surface area (Å²) in [6.45, 7) is 1.81. The smallest absolute Gasteiger partial charge is 0.336 e. The Balaban J connectivity index is 1.88.